The number of hydrogen-bond donors (Lipinski definition) is 1. The number of hydrogen-bond acceptors (Lipinski definition) is 3. The van der Waals surface area contributed by atoms with Gasteiger partial charge in [0.2, 0.25) is 0 Å². The summed E-state index contributed by atoms with van der Waals surface area (Å²) in [5.41, 5.74) is 1.84. The van der Waals surface area contributed by atoms with Gasteiger partial charge in [-0.1, -0.05) is 49.4 Å². The van der Waals surface area contributed by atoms with E-state index in [0.29, 0.717) is 6.42 Å². The van der Waals surface area contributed by atoms with Gasteiger partial charge in [-0.2, -0.15) is 11.8 Å². The zero-order chi connectivity index (χ0) is 14.4. The molecule has 2 aromatic carbocycles. The second kappa shape index (κ2) is 7.15. The number of rotatable bonds is 6. The van der Waals surface area contributed by atoms with Crippen LogP contribution < -0.4 is 0 Å². The number of aromatic hydroxyl groups is 1. The molecule has 0 fully saturated rings. The van der Waals surface area contributed by atoms with Gasteiger partial charge in [0.15, 0.2) is 5.78 Å². The largest absolute Gasteiger partial charge is 0.508 e. The number of thioether (sulfide) groups is 1. The fourth-order valence-corrected chi connectivity index (χ4v) is 3.09. The van der Waals surface area contributed by atoms with E-state index in [4.69, 9.17) is 0 Å². The smallest absolute Gasteiger partial charge is 0.164 e. The summed E-state index contributed by atoms with van der Waals surface area (Å²) in [6, 6.07) is 16.5. The van der Waals surface area contributed by atoms with Crippen LogP contribution in [0.2, 0.25) is 0 Å². The molecule has 0 bridgehead atoms. The summed E-state index contributed by atoms with van der Waals surface area (Å²) in [4.78, 5) is 12.3. The van der Waals surface area contributed by atoms with Crippen molar-refractivity contribution in [3.8, 4) is 5.75 Å². The first-order valence-corrected chi connectivity index (χ1v) is 7.74. The van der Waals surface area contributed by atoms with Gasteiger partial charge >= 0.3 is 0 Å². The third kappa shape index (κ3) is 3.87. The predicted octanol–water partition coefficient (Wildman–Crippen LogP) is 4.46. The van der Waals surface area contributed by atoms with Crippen molar-refractivity contribution in [2.24, 2.45) is 0 Å². The van der Waals surface area contributed by atoms with E-state index >= 15 is 0 Å². The van der Waals surface area contributed by atoms with Crippen LogP contribution in [0, 0.1) is 0 Å². The van der Waals surface area contributed by atoms with Gasteiger partial charge in [-0.15, -0.1) is 0 Å². The highest BCUT2D eigenvalue weighted by atomic mass is 32.2. The van der Waals surface area contributed by atoms with Crippen LogP contribution in [0.25, 0.3) is 0 Å². The van der Waals surface area contributed by atoms with Crippen molar-refractivity contribution in [2.45, 2.75) is 18.6 Å². The van der Waals surface area contributed by atoms with E-state index in [1.807, 2.05) is 42.5 Å². The Morgan fingerprint density at radius 3 is 2.35 bits per heavy atom. The van der Waals surface area contributed by atoms with Gasteiger partial charge in [-0.05, 0) is 23.4 Å². The number of ketones is 1. The van der Waals surface area contributed by atoms with Crippen molar-refractivity contribution < 1.29 is 9.90 Å². The molecule has 0 aromatic heterocycles. The molecule has 0 aliphatic rings. The van der Waals surface area contributed by atoms with Crippen molar-refractivity contribution in [1.82, 2.24) is 0 Å². The maximum absolute atomic E-state index is 12.3. The van der Waals surface area contributed by atoms with Crippen LogP contribution in [0.5, 0.6) is 5.75 Å². The standard InChI is InChI=1S/C17H18O2S/c1-2-20-17(14-8-10-15(18)11-9-14)12-16(19)13-6-4-3-5-7-13/h3-11,17-18H,2,12H2,1H3. The van der Waals surface area contributed by atoms with Crippen molar-refractivity contribution in [2.75, 3.05) is 5.75 Å². The lowest BCUT2D eigenvalue weighted by atomic mass is 10.0. The fraction of sp³-hybridized carbons (Fsp3) is 0.235. The monoisotopic (exact) mass is 286 g/mol. The normalized spacial score (nSPS) is 12.1. The van der Waals surface area contributed by atoms with Gasteiger partial charge in [-0.3, -0.25) is 4.79 Å². The van der Waals surface area contributed by atoms with Crippen molar-refractivity contribution in [3.63, 3.8) is 0 Å². The molecule has 1 atom stereocenters. The number of carbonyl (C=O) groups excluding carboxylic acids is 1. The van der Waals surface area contributed by atoms with Crippen LogP contribution in [0.3, 0.4) is 0 Å². The van der Waals surface area contributed by atoms with Crippen LogP contribution in [-0.2, 0) is 0 Å². The molecule has 3 heteroatoms. The molecule has 0 aliphatic heterocycles. The SMILES string of the molecule is CCSC(CC(=O)c1ccccc1)c1ccc(O)cc1. The van der Waals surface area contributed by atoms with Crippen LogP contribution in [0.1, 0.15) is 34.5 Å². The van der Waals surface area contributed by atoms with Gasteiger partial charge < -0.3 is 5.11 Å². The summed E-state index contributed by atoms with van der Waals surface area (Å²) in [5.74, 6) is 1.36. The summed E-state index contributed by atoms with van der Waals surface area (Å²) in [5, 5.41) is 9.49. The van der Waals surface area contributed by atoms with E-state index in [2.05, 4.69) is 6.92 Å². The van der Waals surface area contributed by atoms with Crippen LogP contribution >= 0.6 is 11.8 Å². The molecule has 1 unspecified atom stereocenters. The average molecular weight is 286 g/mol. The molecule has 0 heterocycles. The molecule has 2 rings (SSSR count). The number of carbonyl (C=O) groups is 1. The first-order chi connectivity index (χ1) is 9.70. The maximum atomic E-state index is 12.3. The lowest BCUT2D eigenvalue weighted by molar-refractivity contribution is 0.0982. The zero-order valence-corrected chi connectivity index (χ0v) is 12.3. The molecular formula is C17H18O2S. The molecule has 0 saturated carbocycles. The average Bonchev–Trinajstić information content (AvgIpc) is 2.48. The number of benzene rings is 2. The maximum Gasteiger partial charge on any atom is 0.164 e. The molecule has 104 valence electrons. The summed E-state index contributed by atoms with van der Waals surface area (Å²) < 4.78 is 0. The van der Waals surface area contributed by atoms with Gasteiger partial charge in [0.05, 0.1) is 0 Å². The molecular weight excluding hydrogens is 268 g/mol. The Morgan fingerprint density at radius 1 is 1.10 bits per heavy atom. The lowest BCUT2D eigenvalue weighted by Gasteiger charge is -2.15. The topological polar surface area (TPSA) is 37.3 Å². The quantitative estimate of drug-likeness (QED) is 0.797. The fourth-order valence-electron chi connectivity index (χ4n) is 2.07. The Morgan fingerprint density at radius 2 is 1.75 bits per heavy atom. The number of Topliss-reactive ketones (excluding diaryl/α,β-unsaturated/α-hetero) is 1. The molecule has 0 saturated heterocycles. The Balaban J connectivity index is 2.13. The summed E-state index contributed by atoms with van der Waals surface area (Å²) in [7, 11) is 0. The minimum Gasteiger partial charge on any atom is -0.508 e. The third-order valence-electron chi connectivity index (χ3n) is 3.10. The van der Waals surface area contributed by atoms with E-state index in [9.17, 15) is 9.90 Å². The van der Waals surface area contributed by atoms with Gasteiger partial charge in [0.25, 0.3) is 0 Å². The first kappa shape index (κ1) is 14.7. The van der Waals surface area contributed by atoms with E-state index in [0.717, 1.165) is 16.9 Å². The number of phenolic OH excluding ortho intramolecular Hbond substituents is 1. The highest BCUT2D eigenvalue weighted by Gasteiger charge is 2.17. The van der Waals surface area contributed by atoms with Gasteiger partial charge in [0.1, 0.15) is 5.75 Å². The van der Waals surface area contributed by atoms with E-state index < -0.39 is 0 Å². The molecule has 1 N–H and O–H groups in total. The molecule has 0 radical (unpaired) electrons. The Kier molecular flexibility index (Phi) is 5.24. The summed E-state index contributed by atoms with van der Waals surface area (Å²) >= 11 is 1.76. The van der Waals surface area contributed by atoms with E-state index in [1.165, 1.54) is 0 Å². The molecule has 2 aromatic rings. The number of phenols is 1. The molecule has 0 aliphatic carbocycles. The van der Waals surface area contributed by atoms with Gasteiger partial charge in [-0.25, -0.2) is 0 Å². The molecule has 20 heavy (non-hydrogen) atoms. The van der Waals surface area contributed by atoms with Gasteiger partial charge in [0, 0.05) is 17.2 Å². The van der Waals surface area contributed by atoms with Crippen LogP contribution in [0.15, 0.2) is 54.6 Å². The highest BCUT2D eigenvalue weighted by molar-refractivity contribution is 7.99. The van der Waals surface area contributed by atoms with E-state index in [-0.39, 0.29) is 16.8 Å². The van der Waals surface area contributed by atoms with Crippen molar-refractivity contribution in [3.05, 3.63) is 65.7 Å². The zero-order valence-electron chi connectivity index (χ0n) is 11.5. The third-order valence-corrected chi connectivity index (χ3v) is 4.27. The minimum atomic E-state index is 0.133. The Hall–Kier alpha value is -1.74. The Bertz CT molecular complexity index is 549. The van der Waals surface area contributed by atoms with Crippen molar-refractivity contribution >= 4 is 17.5 Å². The second-order valence-corrected chi connectivity index (χ2v) is 6.01. The minimum absolute atomic E-state index is 0.133. The summed E-state index contributed by atoms with van der Waals surface area (Å²) in [6.45, 7) is 2.09. The van der Waals surface area contributed by atoms with Crippen molar-refractivity contribution in [1.29, 1.82) is 0 Å². The lowest BCUT2D eigenvalue weighted by Crippen LogP contribution is -2.05. The second-order valence-electron chi connectivity index (χ2n) is 4.53. The highest BCUT2D eigenvalue weighted by Crippen LogP contribution is 2.33. The molecule has 0 spiro atoms. The molecule has 2 nitrogen and oxygen atoms in total. The summed E-state index contributed by atoms with van der Waals surface area (Å²) in [6.07, 6.45) is 0.479. The molecule has 0 amide bonds. The van der Waals surface area contributed by atoms with Crippen LogP contribution in [0.4, 0.5) is 0 Å². The van der Waals surface area contributed by atoms with Crippen LogP contribution in [-0.4, -0.2) is 16.6 Å². The Labute approximate surface area is 123 Å². The predicted molar refractivity (Wildman–Crippen MR) is 84.4 cm³/mol. The first-order valence-electron chi connectivity index (χ1n) is 6.69. The van der Waals surface area contributed by atoms with E-state index in [1.54, 1.807) is 23.9 Å².